The highest BCUT2D eigenvalue weighted by molar-refractivity contribution is 7.17. The number of carbonyl (C=O) groups excluding carboxylic acids is 3. The van der Waals surface area contributed by atoms with Gasteiger partial charge in [0, 0.05) is 5.56 Å². The molecule has 1 aliphatic heterocycles. The molecule has 1 aliphatic rings. The lowest BCUT2D eigenvalue weighted by Crippen LogP contribution is -2.29. The smallest absolute Gasteiger partial charge is 0.350 e. The van der Waals surface area contributed by atoms with E-state index in [0.717, 1.165) is 30.6 Å². The van der Waals surface area contributed by atoms with E-state index in [2.05, 4.69) is 18.5 Å². The van der Waals surface area contributed by atoms with Crippen LogP contribution in [0.3, 0.4) is 0 Å². The predicted octanol–water partition coefficient (Wildman–Crippen LogP) is 6.39. The molecule has 4 rings (SSSR count). The third-order valence-electron chi connectivity index (χ3n) is 6.50. The van der Waals surface area contributed by atoms with Crippen molar-refractivity contribution in [3.63, 3.8) is 0 Å². The summed E-state index contributed by atoms with van der Waals surface area (Å²) in [5.74, 6) is -1.53. The first-order chi connectivity index (χ1) is 20.3. The fraction of sp³-hybridized carbons (Fsp3) is 0.312. The summed E-state index contributed by atoms with van der Waals surface area (Å²) < 4.78 is 16.7. The molecular formula is C32H34N2O7S. The van der Waals surface area contributed by atoms with Crippen LogP contribution in [-0.4, -0.2) is 47.6 Å². The van der Waals surface area contributed by atoms with Gasteiger partial charge in [-0.25, -0.2) is 9.78 Å². The Bertz CT molecular complexity index is 1490. The summed E-state index contributed by atoms with van der Waals surface area (Å²) in [6, 6.07) is 12.7. The highest BCUT2D eigenvalue weighted by atomic mass is 32.1. The van der Waals surface area contributed by atoms with Gasteiger partial charge in [0.2, 0.25) is 0 Å². The minimum Gasteiger partial charge on any atom is -0.507 e. The first-order valence-electron chi connectivity index (χ1n) is 13.8. The van der Waals surface area contributed by atoms with Crippen LogP contribution < -0.4 is 14.4 Å². The van der Waals surface area contributed by atoms with Crippen LogP contribution in [0.25, 0.3) is 5.76 Å². The number of aliphatic hydroxyl groups is 1. The van der Waals surface area contributed by atoms with Crippen LogP contribution in [0.2, 0.25) is 0 Å². The number of nitrogens with zero attached hydrogens (tertiary/aromatic N) is 2. The molecule has 0 aliphatic carbocycles. The van der Waals surface area contributed by atoms with Crippen LogP contribution in [0.5, 0.6) is 11.5 Å². The fourth-order valence-electron chi connectivity index (χ4n) is 4.41. The van der Waals surface area contributed by atoms with Gasteiger partial charge in [-0.05, 0) is 49.6 Å². The molecule has 0 spiro atoms. The van der Waals surface area contributed by atoms with Crippen molar-refractivity contribution < 1.29 is 33.7 Å². The van der Waals surface area contributed by atoms with Gasteiger partial charge in [0.05, 0.1) is 30.5 Å². The van der Waals surface area contributed by atoms with E-state index in [0.29, 0.717) is 41.5 Å². The van der Waals surface area contributed by atoms with Crippen molar-refractivity contribution >= 4 is 39.9 Å². The molecule has 0 radical (unpaired) electrons. The molecule has 1 fully saturated rings. The van der Waals surface area contributed by atoms with Gasteiger partial charge in [0.15, 0.2) is 5.13 Å². The number of ether oxygens (including phenoxy) is 3. The summed E-state index contributed by atoms with van der Waals surface area (Å²) >= 11 is 0.941. The van der Waals surface area contributed by atoms with Crippen molar-refractivity contribution in [1.29, 1.82) is 0 Å². The van der Waals surface area contributed by atoms with Crippen LogP contribution >= 0.6 is 11.3 Å². The number of carbonyl (C=O) groups is 3. The summed E-state index contributed by atoms with van der Waals surface area (Å²) in [5.41, 5.74) is 1.14. The monoisotopic (exact) mass is 590 g/mol. The van der Waals surface area contributed by atoms with Crippen molar-refractivity contribution in [3.05, 3.63) is 88.5 Å². The molecule has 1 saturated heterocycles. The molecule has 2 heterocycles. The number of aromatic nitrogens is 1. The highest BCUT2D eigenvalue weighted by Crippen LogP contribution is 2.44. The maximum absolute atomic E-state index is 13.6. The zero-order valence-electron chi connectivity index (χ0n) is 23.9. The second kappa shape index (κ2) is 14.0. The molecule has 1 aromatic heterocycles. The molecule has 0 bridgehead atoms. The minimum absolute atomic E-state index is 0.0176. The topological polar surface area (TPSA) is 115 Å². The molecule has 220 valence electrons. The maximum Gasteiger partial charge on any atom is 0.350 e. The Morgan fingerprint density at radius 2 is 1.81 bits per heavy atom. The first kappa shape index (κ1) is 30.5. The molecule has 1 atom stereocenters. The molecule has 9 nitrogen and oxygen atoms in total. The van der Waals surface area contributed by atoms with Crippen molar-refractivity contribution in [2.75, 3.05) is 24.7 Å². The zero-order chi connectivity index (χ0) is 30.2. The summed E-state index contributed by atoms with van der Waals surface area (Å²) in [6.45, 7) is 10.3. The number of aliphatic hydroxyl groups excluding tert-OH is 1. The quantitative estimate of drug-likeness (QED) is 0.0608. The fourth-order valence-corrected chi connectivity index (χ4v) is 5.40. The number of esters is 1. The number of Topliss-reactive ketones (excluding diaryl/α,β-unsaturated/α-hetero) is 1. The average Bonchev–Trinajstić information content (AvgIpc) is 3.51. The second-order valence-electron chi connectivity index (χ2n) is 9.61. The van der Waals surface area contributed by atoms with Crippen LogP contribution in [0.15, 0.2) is 66.8 Å². The number of thiazole rings is 1. The van der Waals surface area contributed by atoms with Gasteiger partial charge in [-0.3, -0.25) is 14.5 Å². The van der Waals surface area contributed by atoms with E-state index >= 15 is 0 Å². The lowest BCUT2D eigenvalue weighted by molar-refractivity contribution is -0.132. The normalized spacial score (nSPS) is 16.0. The lowest BCUT2D eigenvalue weighted by Gasteiger charge is -2.23. The number of benzene rings is 2. The number of hydrogen-bond acceptors (Lipinski definition) is 9. The van der Waals surface area contributed by atoms with E-state index in [1.807, 2.05) is 6.92 Å². The maximum atomic E-state index is 13.6. The predicted molar refractivity (Wildman–Crippen MR) is 161 cm³/mol. The number of anilines is 1. The average molecular weight is 591 g/mol. The molecule has 3 aromatic rings. The summed E-state index contributed by atoms with van der Waals surface area (Å²) in [7, 11) is 0. The van der Waals surface area contributed by atoms with Gasteiger partial charge in [-0.15, -0.1) is 0 Å². The first-order valence-corrected chi connectivity index (χ1v) is 14.6. The third-order valence-corrected chi connectivity index (χ3v) is 7.63. The minimum atomic E-state index is -1.02. The number of amides is 1. The van der Waals surface area contributed by atoms with Gasteiger partial charge in [-0.2, -0.15) is 0 Å². The Balaban J connectivity index is 1.82. The number of hydrogen-bond donors (Lipinski definition) is 1. The van der Waals surface area contributed by atoms with Crippen LogP contribution in [0.1, 0.15) is 65.6 Å². The van der Waals surface area contributed by atoms with Gasteiger partial charge < -0.3 is 19.3 Å². The van der Waals surface area contributed by atoms with Gasteiger partial charge >= 0.3 is 11.9 Å². The lowest BCUT2D eigenvalue weighted by atomic mass is 9.95. The Morgan fingerprint density at radius 3 is 2.50 bits per heavy atom. The second-order valence-corrected chi connectivity index (χ2v) is 10.6. The number of aryl methyl sites for hydroxylation is 1. The molecule has 42 heavy (non-hydrogen) atoms. The van der Waals surface area contributed by atoms with Crippen molar-refractivity contribution in [1.82, 2.24) is 4.98 Å². The molecule has 1 amide bonds. The molecule has 0 saturated carbocycles. The SMILES string of the molecule is C=CCOC(=O)c1sc(N2C(=O)C(=O)/C(=C(/O)c3cccc(OCCC)c3)C2c2ccc(OCCCC)cc2)nc1C. The van der Waals surface area contributed by atoms with E-state index in [1.165, 1.54) is 11.0 Å². The summed E-state index contributed by atoms with van der Waals surface area (Å²) in [5, 5.41) is 11.6. The van der Waals surface area contributed by atoms with Gasteiger partial charge in [0.1, 0.15) is 28.7 Å². The van der Waals surface area contributed by atoms with E-state index in [-0.39, 0.29) is 27.9 Å². The summed E-state index contributed by atoms with van der Waals surface area (Å²) in [6.07, 6.45) is 4.15. The standard InChI is InChI=1S/C32H34N2O7S/c1-5-8-18-40-23-14-12-21(13-15-23)26-25(27(35)22-10-9-11-24(19-22)39-16-6-2)28(36)30(37)34(26)32-33-20(4)29(42-32)31(38)41-17-7-3/h7,9-15,19,26,35H,3,5-6,8,16-18H2,1-2,4H3/b27-25+. The van der Waals surface area contributed by atoms with E-state index in [4.69, 9.17) is 14.2 Å². The molecule has 10 heteroatoms. The molecule has 2 aromatic carbocycles. The highest BCUT2D eigenvalue weighted by Gasteiger charge is 2.48. The van der Waals surface area contributed by atoms with E-state index in [9.17, 15) is 19.5 Å². The van der Waals surface area contributed by atoms with Crippen molar-refractivity contribution in [2.45, 2.75) is 46.1 Å². The molecular weight excluding hydrogens is 556 g/mol. The third kappa shape index (κ3) is 6.54. The van der Waals surface area contributed by atoms with Crippen LogP contribution in [-0.2, 0) is 14.3 Å². The van der Waals surface area contributed by atoms with Crippen LogP contribution in [0.4, 0.5) is 5.13 Å². The molecule has 1 N–H and O–H groups in total. The largest absolute Gasteiger partial charge is 0.507 e. The number of ketones is 1. The van der Waals surface area contributed by atoms with Gasteiger partial charge in [0.25, 0.3) is 5.78 Å². The Kier molecular flexibility index (Phi) is 10.1. The van der Waals surface area contributed by atoms with Crippen molar-refractivity contribution in [2.24, 2.45) is 0 Å². The van der Waals surface area contributed by atoms with E-state index in [1.54, 1.807) is 55.5 Å². The Morgan fingerprint density at radius 1 is 1.07 bits per heavy atom. The number of rotatable bonds is 13. The number of unbranched alkanes of at least 4 members (excludes halogenated alkanes) is 1. The van der Waals surface area contributed by atoms with E-state index < -0.39 is 23.7 Å². The Labute approximate surface area is 249 Å². The van der Waals surface area contributed by atoms with Crippen molar-refractivity contribution in [3.8, 4) is 11.5 Å². The molecule has 1 unspecified atom stereocenters. The van der Waals surface area contributed by atoms with Crippen LogP contribution in [0, 0.1) is 6.92 Å². The zero-order valence-corrected chi connectivity index (χ0v) is 24.7. The Hall–Kier alpha value is -4.44. The van der Waals surface area contributed by atoms with Gasteiger partial charge in [-0.1, -0.05) is 68.5 Å². The summed E-state index contributed by atoms with van der Waals surface area (Å²) in [4.78, 5) is 45.6.